The van der Waals surface area contributed by atoms with Crippen LogP contribution in [0.1, 0.15) is 47.5 Å². The molecule has 1 N–H and O–H groups in total. The van der Waals surface area contributed by atoms with E-state index >= 15 is 0 Å². The molecule has 1 amide bonds. The fourth-order valence-electron chi connectivity index (χ4n) is 4.13. The number of anilines is 1. The number of nitrogens with zero attached hydrogens (tertiary/aromatic N) is 2. The first-order chi connectivity index (χ1) is 16.9. The summed E-state index contributed by atoms with van der Waals surface area (Å²) in [6, 6.07) is 8.65. The minimum atomic E-state index is -3.73. The van der Waals surface area contributed by atoms with E-state index in [1.54, 1.807) is 30.3 Å². The first-order valence-electron chi connectivity index (χ1n) is 11.5. The molecule has 2 heterocycles. The third-order valence-electron chi connectivity index (χ3n) is 6.03. The number of benzene rings is 1. The second-order valence-electron chi connectivity index (χ2n) is 9.09. The van der Waals surface area contributed by atoms with Crippen molar-refractivity contribution in [3.05, 3.63) is 46.5 Å². The molecule has 12 heteroatoms. The summed E-state index contributed by atoms with van der Waals surface area (Å²) < 4.78 is 55.9. The highest BCUT2D eigenvalue weighted by molar-refractivity contribution is 7.92. The Hall–Kier alpha value is -2.63. The van der Waals surface area contributed by atoms with Gasteiger partial charge in [-0.25, -0.2) is 16.8 Å². The average Bonchev–Trinajstić information content (AvgIpc) is 3.57. The van der Waals surface area contributed by atoms with Gasteiger partial charge in [0.05, 0.1) is 17.2 Å². The SMILES string of the molecule is CNC(=O)c1c(-c2ccc(Cl)cc2)oc2nc(N(CCCCS(C)(=O)=O)S(C)(=O)=O)c(C3CC3)cc12. The molecule has 194 valence electrons. The summed E-state index contributed by atoms with van der Waals surface area (Å²) in [6.07, 6.45) is 4.69. The van der Waals surface area contributed by atoms with Gasteiger partial charge in [0.15, 0.2) is 0 Å². The van der Waals surface area contributed by atoms with Crippen LogP contribution in [0.25, 0.3) is 22.4 Å². The number of carbonyl (C=O) groups excluding carboxylic acids is 1. The Labute approximate surface area is 215 Å². The van der Waals surface area contributed by atoms with Gasteiger partial charge >= 0.3 is 0 Å². The van der Waals surface area contributed by atoms with E-state index in [4.69, 9.17) is 16.0 Å². The summed E-state index contributed by atoms with van der Waals surface area (Å²) in [5, 5.41) is 3.68. The Bertz CT molecular complexity index is 1510. The van der Waals surface area contributed by atoms with E-state index < -0.39 is 19.9 Å². The zero-order valence-corrected chi connectivity index (χ0v) is 22.6. The minimum Gasteiger partial charge on any atom is -0.437 e. The van der Waals surface area contributed by atoms with Crippen LogP contribution in [0.5, 0.6) is 0 Å². The fraction of sp³-hybridized carbons (Fsp3) is 0.417. The molecule has 36 heavy (non-hydrogen) atoms. The lowest BCUT2D eigenvalue weighted by atomic mass is 10.0. The number of hydrogen-bond acceptors (Lipinski definition) is 7. The van der Waals surface area contributed by atoms with Gasteiger partial charge < -0.3 is 9.73 Å². The molecule has 9 nitrogen and oxygen atoms in total. The lowest BCUT2D eigenvalue weighted by molar-refractivity contribution is 0.0964. The highest BCUT2D eigenvalue weighted by Crippen LogP contribution is 2.46. The van der Waals surface area contributed by atoms with Crippen LogP contribution in [0.15, 0.2) is 34.7 Å². The van der Waals surface area contributed by atoms with Gasteiger partial charge in [0, 0.05) is 36.2 Å². The number of sulfone groups is 1. The Morgan fingerprint density at radius 2 is 1.81 bits per heavy atom. The second-order valence-corrected chi connectivity index (χ2v) is 13.7. The van der Waals surface area contributed by atoms with Crippen LogP contribution in [0.3, 0.4) is 0 Å². The van der Waals surface area contributed by atoms with Crippen LogP contribution >= 0.6 is 11.6 Å². The number of aromatic nitrogens is 1. The maximum atomic E-state index is 12.9. The van der Waals surface area contributed by atoms with E-state index in [0.29, 0.717) is 40.1 Å². The summed E-state index contributed by atoms with van der Waals surface area (Å²) in [5.41, 5.74) is 1.81. The lowest BCUT2D eigenvalue weighted by Crippen LogP contribution is -2.32. The van der Waals surface area contributed by atoms with E-state index in [-0.39, 0.29) is 35.7 Å². The summed E-state index contributed by atoms with van der Waals surface area (Å²) in [7, 11) is -5.35. The monoisotopic (exact) mass is 553 g/mol. The van der Waals surface area contributed by atoms with E-state index in [1.807, 2.05) is 0 Å². The second kappa shape index (κ2) is 10.0. The summed E-state index contributed by atoms with van der Waals surface area (Å²) in [4.78, 5) is 17.5. The molecular formula is C24H28ClN3O6S2. The number of unbranched alkanes of at least 4 members (excludes halogenated alkanes) is 1. The van der Waals surface area contributed by atoms with Crippen LogP contribution in [0.4, 0.5) is 5.82 Å². The topological polar surface area (TPSA) is 127 Å². The van der Waals surface area contributed by atoms with Crippen LogP contribution in [-0.2, 0) is 19.9 Å². The molecule has 0 radical (unpaired) electrons. The van der Waals surface area contributed by atoms with Gasteiger partial charge in [0.1, 0.15) is 21.4 Å². The molecular weight excluding hydrogens is 526 g/mol. The standard InChI is InChI=1S/C24H28ClN3O6S2/c1-26-23(29)20-19-14-18(15-6-7-15)22(28(36(3,32)33)12-4-5-13-35(2,30)31)27-24(19)34-21(20)16-8-10-17(25)11-9-16/h8-11,14-15H,4-7,12-13H2,1-3H3,(H,26,29). The third kappa shape index (κ3) is 5.84. The molecule has 1 aliphatic carbocycles. The number of furan rings is 1. The number of hydrogen-bond donors (Lipinski definition) is 1. The molecule has 0 spiro atoms. The maximum Gasteiger partial charge on any atom is 0.255 e. The number of sulfonamides is 1. The van der Waals surface area contributed by atoms with Crippen molar-refractivity contribution in [3.8, 4) is 11.3 Å². The number of nitrogens with one attached hydrogen (secondary N) is 1. The number of halogens is 1. The van der Waals surface area contributed by atoms with Crippen LogP contribution in [0, 0.1) is 0 Å². The number of amides is 1. The molecule has 0 bridgehead atoms. The molecule has 1 fully saturated rings. The largest absolute Gasteiger partial charge is 0.437 e. The highest BCUT2D eigenvalue weighted by Gasteiger charge is 2.34. The van der Waals surface area contributed by atoms with Crippen molar-refractivity contribution < 1.29 is 26.0 Å². The van der Waals surface area contributed by atoms with Gasteiger partial charge in [-0.2, -0.15) is 4.98 Å². The van der Waals surface area contributed by atoms with Gasteiger partial charge in [-0.15, -0.1) is 0 Å². The van der Waals surface area contributed by atoms with Gasteiger partial charge in [0.25, 0.3) is 5.91 Å². The summed E-state index contributed by atoms with van der Waals surface area (Å²) in [5.74, 6) is 0.308. The van der Waals surface area contributed by atoms with Crippen LogP contribution in [0.2, 0.25) is 5.02 Å². The highest BCUT2D eigenvalue weighted by atomic mass is 35.5. The average molecular weight is 554 g/mol. The van der Waals surface area contributed by atoms with E-state index in [1.165, 1.54) is 11.4 Å². The molecule has 0 unspecified atom stereocenters. The van der Waals surface area contributed by atoms with Crippen molar-refractivity contribution in [2.45, 2.75) is 31.6 Å². The fourth-order valence-corrected chi connectivity index (χ4v) is 5.90. The minimum absolute atomic E-state index is 0.0231. The van der Waals surface area contributed by atoms with E-state index in [0.717, 1.165) is 30.9 Å². The van der Waals surface area contributed by atoms with Crippen molar-refractivity contribution in [1.29, 1.82) is 0 Å². The van der Waals surface area contributed by atoms with Gasteiger partial charge in [-0.3, -0.25) is 9.10 Å². The summed E-state index contributed by atoms with van der Waals surface area (Å²) >= 11 is 6.03. The van der Waals surface area contributed by atoms with Gasteiger partial charge in [-0.1, -0.05) is 11.6 Å². The molecule has 1 saturated carbocycles. The molecule has 2 aromatic heterocycles. The number of pyridine rings is 1. The van der Waals surface area contributed by atoms with Crippen molar-refractivity contribution >= 4 is 54.3 Å². The van der Waals surface area contributed by atoms with Crippen molar-refractivity contribution in [2.75, 3.05) is 36.2 Å². The lowest BCUT2D eigenvalue weighted by Gasteiger charge is -2.23. The number of carbonyl (C=O) groups is 1. The maximum absolute atomic E-state index is 12.9. The van der Waals surface area contributed by atoms with E-state index in [2.05, 4.69) is 10.3 Å². The first kappa shape index (κ1) is 26.4. The number of rotatable bonds is 10. The first-order valence-corrected chi connectivity index (χ1v) is 15.8. The smallest absolute Gasteiger partial charge is 0.255 e. The molecule has 0 aliphatic heterocycles. The molecule has 3 aromatic rings. The normalized spacial score (nSPS) is 14.2. The quantitative estimate of drug-likeness (QED) is 0.376. The molecule has 4 rings (SSSR count). The van der Waals surface area contributed by atoms with E-state index in [9.17, 15) is 21.6 Å². The zero-order chi connectivity index (χ0) is 26.3. The number of fused-ring (bicyclic) bond motifs is 1. The van der Waals surface area contributed by atoms with Gasteiger partial charge in [0.2, 0.25) is 15.7 Å². The third-order valence-corrected chi connectivity index (χ3v) is 8.47. The van der Waals surface area contributed by atoms with Crippen molar-refractivity contribution in [2.24, 2.45) is 0 Å². The Morgan fingerprint density at radius 1 is 1.14 bits per heavy atom. The Kier molecular flexibility index (Phi) is 7.36. The predicted octanol–water partition coefficient (Wildman–Crippen LogP) is 3.98. The van der Waals surface area contributed by atoms with Crippen molar-refractivity contribution in [3.63, 3.8) is 0 Å². The van der Waals surface area contributed by atoms with Crippen molar-refractivity contribution in [1.82, 2.24) is 10.3 Å². The summed E-state index contributed by atoms with van der Waals surface area (Å²) in [6.45, 7) is 0.0830. The van der Waals surface area contributed by atoms with Crippen LogP contribution in [-0.4, -0.2) is 59.6 Å². The molecule has 1 aliphatic rings. The molecule has 0 saturated heterocycles. The zero-order valence-electron chi connectivity index (χ0n) is 20.2. The Balaban J connectivity index is 1.85. The molecule has 0 atom stereocenters. The molecule has 1 aromatic carbocycles. The van der Waals surface area contributed by atoms with Gasteiger partial charge in [-0.05, 0) is 67.5 Å². The van der Waals surface area contributed by atoms with Crippen LogP contribution < -0.4 is 9.62 Å². The Morgan fingerprint density at radius 3 is 2.36 bits per heavy atom. The predicted molar refractivity (Wildman–Crippen MR) is 141 cm³/mol.